The smallest absolute Gasteiger partial charge is 0.139 e. The maximum atomic E-state index is 5.69. The van der Waals surface area contributed by atoms with Crippen molar-refractivity contribution in [3.05, 3.63) is 18.5 Å². The highest BCUT2D eigenvalue weighted by Crippen LogP contribution is 2.19. The molecule has 1 aromatic heterocycles. The van der Waals surface area contributed by atoms with Crippen molar-refractivity contribution in [1.29, 1.82) is 0 Å². The third-order valence-corrected chi connectivity index (χ3v) is 3.32. The normalized spacial score (nSPS) is 15.3. The first-order chi connectivity index (χ1) is 9.90. The number of hydrogen-bond acceptors (Lipinski definition) is 5. The number of unbranched alkanes of at least 4 members (excludes halogenated alkanes) is 1. The molecule has 2 rings (SSSR count). The molecule has 1 aromatic rings. The Bertz CT molecular complexity index is 381. The largest absolute Gasteiger partial charge is 0.489 e. The fourth-order valence-corrected chi connectivity index (χ4v) is 2.15. The van der Waals surface area contributed by atoms with E-state index in [0.717, 1.165) is 57.1 Å². The Morgan fingerprint density at radius 1 is 1.20 bits per heavy atom. The van der Waals surface area contributed by atoms with Crippen molar-refractivity contribution < 1.29 is 9.47 Å². The highest BCUT2D eigenvalue weighted by atomic mass is 16.5. The lowest BCUT2D eigenvalue weighted by Crippen LogP contribution is -2.43. The van der Waals surface area contributed by atoms with Gasteiger partial charge in [0, 0.05) is 38.9 Å². The molecule has 1 aliphatic heterocycles. The van der Waals surface area contributed by atoms with Crippen molar-refractivity contribution in [3.63, 3.8) is 0 Å². The average Bonchev–Trinajstić information content (AvgIpc) is 2.52. The minimum absolute atomic E-state index is 0.580. The van der Waals surface area contributed by atoms with Crippen LogP contribution in [0.25, 0.3) is 0 Å². The summed E-state index contributed by atoms with van der Waals surface area (Å²) in [6, 6.07) is 2.06. The molecule has 20 heavy (non-hydrogen) atoms. The Hall–Kier alpha value is -1.33. The SMILES string of the molecule is CCCCOCCOc1cncc(N2CCNCC2)c1. The van der Waals surface area contributed by atoms with Gasteiger partial charge >= 0.3 is 0 Å². The predicted molar refractivity (Wildman–Crippen MR) is 80.5 cm³/mol. The van der Waals surface area contributed by atoms with E-state index >= 15 is 0 Å². The fraction of sp³-hybridized carbons (Fsp3) is 0.667. The average molecular weight is 279 g/mol. The second-order valence-electron chi connectivity index (χ2n) is 4.93. The van der Waals surface area contributed by atoms with E-state index in [0.29, 0.717) is 13.2 Å². The van der Waals surface area contributed by atoms with Crippen LogP contribution >= 0.6 is 0 Å². The van der Waals surface area contributed by atoms with E-state index in [4.69, 9.17) is 9.47 Å². The minimum atomic E-state index is 0.580. The van der Waals surface area contributed by atoms with Crippen molar-refractivity contribution in [2.45, 2.75) is 19.8 Å². The van der Waals surface area contributed by atoms with Gasteiger partial charge in [-0.05, 0) is 6.42 Å². The van der Waals surface area contributed by atoms with Crippen LogP contribution in [0.1, 0.15) is 19.8 Å². The van der Waals surface area contributed by atoms with Gasteiger partial charge in [-0.25, -0.2) is 0 Å². The number of ether oxygens (including phenoxy) is 2. The van der Waals surface area contributed by atoms with Crippen molar-refractivity contribution in [2.24, 2.45) is 0 Å². The van der Waals surface area contributed by atoms with Gasteiger partial charge in [-0.1, -0.05) is 13.3 Å². The summed E-state index contributed by atoms with van der Waals surface area (Å²) in [5, 5.41) is 3.35. The highest BCUT2D eigenvalue weighted by molar-refractivity contribution is 5.48. The molecule has 0 radical (unpaired) electrons. The van der Waals surface area contributed by atoms with Gasteiger partial charge in [-0.3, -0.25) is 4.98 Å². The van der Waals surface area contributed by atoms with Crippen LogP contribution < -0.4 is 15.0 Å². The molecule has 0 spiro atoms. The molecule has 5 heteroatoms. The molecule has 1 N–H and O–H groups in total. The molecule has 2 heterocycles. The number of nitrogens with one attached hydrogen (secondary N) is 1. The van der Waals surface area contributed by atoms with Gasteiger partial charge < -0.3 is 19.7 Å². The van der Waals surface area contributed by atoms with E-state index in [1.807, 2.05) is 6.20 Å². The van der Waals surface area contributed by atoms with Crippen LogP contribution in [0.4, 0.5) is 5.69 Å². The molecule has 0 amide bonds. The first-order valence-corrected chi connectivity index (χ1v) is 7.51. The predicted octanol–water partition coefficient (Wildman–Crippen LogP) is 1.69. The summed E-state index contributed by atoms with van der Waals surface area (Å²) in [4.78, 5) is 6.59. The van der Waals surface area contributed by atoms with Crippen LogP contribution in [0.3, 0.4) is 0 Å². The van der Waals surface area contributed by atoms with Crippen LogP contribution in [0.15, 0.2) is 18.5 Å². The van der Waals surface area contributed by atoms with E-state index in [2.05, 4.69) is 28.2 Å². The molecule has 0 unspecified atom stereocenters. The quantitative estimate of drug-likeness (QED) is 0.734. The third kappa shape index (κ3) is 4.98. The van der Waals surface area contributed by atoms with Crippen LogP contribution in [-0.2, 0) is 4.74 Å². The Balaban J connectivity index is 1.74. The van der Waals surface area contributed by atoms with Gasteiger partial charge in [0.25, 0.3) is 0 Å². The standard InChI is InChI=1S/C15H25N3O2/c1-2-3-8-19-9-10-20-15-11-14(12-17-13-15)18-6-4-16-5-7-18/h11-13,16H,2-10H2,1H3. The van der Waals surface area contributed by atoms with E-state index in [-0.39, 0.29) is 0 Å². The molecule has 1 saturated heterocycles. The monoisotopic (exact) mass is 279 g/mol. The summed E-state index contributed by atoms with van der Waals surface area (Å²) in [6.07, 6.45) is 5.94. The first kappa shape index (κ1) is 15.1. The van der Waals surface area contributed by atoms with Gasteiger partial charge in [-0.15, -0.1) is 0 Å². The van der Waals surface area contributed by atoms with Crippen LogP contribution in [0, 0.1) is 0 Å². The number of pyridine rings is 1. The van der Waals surface area contributed by atoms with Gasteiger partial charge in [0.2, 0.25) is 0 Å². The molecule has 0 bridgehead atoms. The lowest BCUT2D eigenvalue weighted by Gasteiger charge is -2.29. The lowest BCUT2D eigenvalue weighted by atomic mass is 10.3. The summed E-state index contributed by atoms with van der Waals surface area (Å²) in [7, 11) is 0. The molecule has 1 fully saturated rings. The van der Waals surface area contributed by atoms with E-state index in [1.54, 1.807) is 6.20 Å². The first-order valence-electron chi connectivity index (χ1n) is 7.51. The third-order valence-electron chi connectivity index (χ3n) is 3.32. The molecule has 0 atom stereocenters. The number of hydrogen-bond donors (Lipinski definition) is 1. The van der Waals surface area contributed by atoms with E-state index in [9.17, 15) is 0 Å². The van der Waals surface area contributed by atoms with Crippen molar-refractivity contribution in [1.82, 2.24) is 10.3 Å². The van der Waals surface area contributed by atoms with Gasteiger partial charge in [0.1, 0.15) is 12.4 Å². The van der Waals surface area contributed by atoms with Crippen LogP contribution in [0.2, 0.25) is 0 Å². The van der Waals surface area contributed by atoms with Crippen molar-refractivity contribution in [2.75, 3.05) is 50.9 Å². The maximum Gasteiger partial charge on any atom is 0.139 e. The van der Waals surface area contributed by atoms with Gasteiger partial charge in [-0.2, -0.15) is 0 Å². The van der Waals surface area contributed by atoms with E-state index < -0.39 is 0 Å². The lowest BCUT2D eigenvalue weighted by molar-refractivity contribution is 0.0979. The molecule has 0 saturated carbocycles. The summed E-state index contributed by atoms with van der Waals surface area (Å²) >= 11 is 0. The van der Waals surface area contributed by atoms with Gasteiger partial charge in [0.15, 0.2) is 0 Å². The Morgan fingerprint density at radius 2 is 2.05 bits per heavy atom. The second kappa shape index (κ2) is 8.76. The summed E-state index contributed by atoms with van der Waals surface area (Å²) in [6.45, 7) is 8.28. The minimum Gasteiger partial charge on any atom is -0.489 e. The van der Waals surface area contributed by atoms with Crippen LogP contribution in [0.5, 0.6) is 5.75 Å². The number of nitrogens with zero attached hydrogens (tertiary/aromatic N) is 2. The molecule has 0 aliphatic carbocycles. The summed E-state index contributed by atoms with van der Waals surface area (Å²) in [5.41, 5.74) is 1.14. The van der Waals surface area contributed by atoms with Crippen molar-refractivity contribution in [3.8, 4) is 5.75 Å². The zero-order valence-electron chi connectivity index (χ0n) is 12.3. The highest BCUT2D eigenvalue weighted by Gasteiger charge is 2.11. The number of rotatable bonds is 8. The topological polar surface area (TPSA) is 46.6 Å². The Kier molecular flexibility index (Phi) is 6.60. The Morgan fingerprint density at radius 3 is 2.85 bits per heavy atom. The van der Waals surface area contributed by atoms with Crippen LogP contribution in [-0.4, -0.2) is 51.0 Å². The Labute approximate surface area is 121 Å². The number of aromatic nitrogens is 1. The maximum absolute atomic E-state index is 5.69. The summed E-state index contributed by atoms with van der Waals surface area (Å²) in [5.74, 6) is 0.820. The zero-order chi connectivity index (χ0) is 14.0. The summed E-state index contributed by atoms with van der Waals surface area (Å²) < 4.78 is 11.2. The van der Waals surface area contributed by atoms with Crippen molar-refractivity contribution >= 4 is 5.69 Å². The number of piperazine rings is 1. The van der Waals surface area contributed by atoms with Gasteiger partial charge in [0.05, 0.1) is 24.7 Å². The molecule has 5 nitrogen and oxygen atoms in total. The zero-order valence-corrected chi connectivity index (χ0v) is 12.3. The molecule has 112 valence electrons. The molecule has 0 aromatic carbocycles. The molecular weight excluding hydrogens is 254 g/mol. The molecule has 1 aliphatic rings. The number of anilines is 1. The second-order valence-corrected chi connectivity index (χ2v) is 4.93. The fourth-order valence-electron chi connectivity index (χ4n) is 2.15. The molecular formula is C15H25N3O2. The van der Waals surface area contributed by atoms with E-state index in [1.165, 1.54) is 0 Å².